The highest BCUT2D eigenvalue weighted by atomic mass is 32.2. The number of rotatable bonds is 3. The molecule has 0 radical (unpaired) electrons. The summed E-state index contributed by atoms with van der Waals surface area (Å²) >= 11 is 2.09. The van der Waals surface area contributed by atoms with Crippen LogP contribution in [-0.4, -0.2) is 14.6 Å². The summed E-state index contributed by atoms with van der Waals surface area (Å²) in [6, 6.07) is 6.15. The van der Waals surface area contributed by atoms with E-state index in [4.69, 9.17) is 0 Å². The molecule has 1 aliphatic carbocycles. The average Bonchev–Trinajstić information content (AvgIpc) is 2.80. The van der Waals surface area contributed by atoms with Crippen molar-refractivity contribution >= 4 is 17.4 Å². The van der Waals surface area contributed by atoms with E-state index in [2.05, 4.69) is 39.6 Å². The number of nitrogens with zero attached hydrogens (tertiary/aromatic N) is 2. The fourth-order valence-electron chi connectivity index (χ4n) is 2.49. The van der Waals surface area contributed by atoms with E-state index in [-0.39, 0.29) is 0 Å². The van der Waals surface area contributed by atoms with Crippen LogP contribution in [0, 0.1) is 0 Å². The van der Waals surface area contributed by atoms with Crippen LogP contribution < -0.4 is 0 Å². The lowest BCUT2D eigenvalue weighted by molar-refractivity contribution is 0.516. The Labute approximate surface area is 106 Å². The molecule has 0 bridgehead atoms. The second-order valence-electron chi connectivity index (χ2n) is 4.77. The number of aromatic nitrogens is 2. The van der Waals surface area contributed by atoms with Gasteiger partial charge in [0.1, 0.15) is 5.65 Å². The number of hydrogen-bond acceptors (Lipinski definition) is 2. The molecule has 0 spiro atoms. The first kappa shape index (κ1) is 11.1. The summed E-state index contributed by atoms with van der Waals surface area (Å²) in [6.45, 7) is 0. The van der Waals surface area contributed by atoms with E-state index in [0.29, 0.717) is 0 Å². The maximum absolute atomic E-state index is 4.64. The van der Waals surface area contributed by atoms with Crippen molar-refractivity contribution in [2.45, 2.75) is 43.1 Å². The highest BCUT2D eigenvalue weighted by molar-refractivity contribution is 7.99. The van der Waals surface area contributed by atoms with Crippen molar-refractivity contribution in [3.63, 3.8) is 0 Å². The molecule has 1 fully saturated rings. The van der Waals surface area contributed by atoms with E-state index in [9.17, 15) is 0 Å². The summed E-state index contributed by atoms with van der Waals surface area (Å²) in [5, 5.41) is 0.869. The monoisotopic (exact) mass is 246 g/mol. The van der Waals surface area contributed by atoms with E-state index in [1.807, 2.05) is 12.1 Å². The highest BCUT2D eigenvalue weighted by Crippen LogP contribution is 2.30. The van der Waals surface area contributed by atoms with Gasteiger partial charge in [0.25, 0.3) is 0 Å². The molecule has 0 aliphatic heterocycles. The van der Waals surface area contributed by atoms with Crippen molar-refractivity contribution in [2.24, 2.45) is 0 Å². The van der Waals surface area contributed by atoms with Gasteiger partial charge in [0.2, 0.25) is 0 Å². The Morgan fingerprint density at radius 1 is 1.24 bits per heavy atom. The second-order valence-corrected chi connectivity index (χ2v) is 6.06. The molecular formula is C14H18N2S. The van der Waals surface area contributed by atoms with Crippen LogP contribution in [0.4, 0.5) is 0 Å². The third kappa shape index (κ3) is 2.65. The van der Waals surface area contributed by atoms with Crippen LogP contribution in [0.2, 0.25) is 0 Å². The summed E-state index contributed by atoms with van der Waals surface area (Å²) in [4.78, 5) is 4.64. The second kappa shape index (κ2) is 5.13. The molecule has 0 unspecified atom stereocenters. The number of thioether (sulfide) groups is 1. The molecule has 0 aromatic carbocycles. The quantitative estimate of drug-likeness (QED) is 0.817. The van der Waals surface area contributed by atoms with Crippen LogP contribution >= 0.6 is 11.8 Å². The molecule has 0 N–H and O–H groups in total. The normalized spacial score (nSPS) is 17.6. The topological polar surface area (TPSA) is 17.3 Å². The standard InChI is InChI=1S/C14H18N2S/c1-2-6-13(7-3-1)17-11-12-10-16-9-5-4-8-14(16)15-12/h4-5,8-10,13H,1-3,6-7,11H2. The van der Waals surface area contributed by atoms with Gasteiger partial charge >= 0.3 is 0 Å². The Morgan fingerprint density at radius 2 is 2.12 bits per heavy atom. The third-order valence-corrected chi connectivity index (χ3v) is 4.84. The Kier molecular flexibility index (Phi) is 3.36. The number of imidazole rings is 1. The first-order valence-corrected chi connectivity index (χ1v) is 7.51. The minimum atomic E-state index is 0.869. The van der Waals surface area contributed by atoms with Crippen LogP contribution in [0.5, 0.6) is 0 Å². The van der Waals surface area contributed by atoms with E-state index < -0.39 is 0 Å². The molecule has 2 nitrogen and oxygen atoms in total. The van der Waals surface area contributed by atoms with E-state index in [0.717, 1.165) is 16.6 Å². The molecule has 0 atom stereocenters. The van der Waals surface area contributed by atoms with Gasteiger partial charge in [0.15, 0.2) is 0 Å². The lowest BCUT2D eigenvalue weighted by Crippen LogP contribution is -2.08. The zero-order chi connectivity index (χ0) is 11.5. The minimum Gasteiger partial charge on any atom is -0.307 e. The van der Waals surface area contributed by atoms with E-state index in [1.165, 1.54) is 37.8 Å². The Hall–Kier alpha value is -0.960. The molecule has 3 heteroatoms. The summed E-state index contributed by atoms with van der Waals surface area (Å²) in [6.07, 6.45) is 11.3. The van der Waals surface area contributed by atoms with E-state index in [1.54, 1.807) is 0 Å². The first-order valence-electron chi connectivity index (χ1n) is 6.46. The van der Waals surface area contributed by atoms with Gasteiger partial charge < -0.3 is 4.40 Å². The van der Waals surface area contributed by atoms with Crippen LogP contribution in [0.1, 0.15) is 37.8 Å². The van der Waals surface area contributed by atoms with Gasteiger partial charge in [-0.1, -0.05) is 25.3 Å². The molecule has 3 rings (SSSR count). The lowest BCUT2D eigenvalue weighted by atomic mass is 10.0. The predicted molar refractivity (Wildman–Crippen MR) is 73.4 cm³/mol. The molecule has 2 aromatic heterocycles. The Morgan fingerprint density at radius 3 is 2.94 bits per heavy atom. The summed E-state index contributed by atoms with van der Waals surface area (Å²) in [7, 11) is 0. The van der Waals surface area contributed by atoms with Crippen LogP contribution in [0.3, 0.4) is 0 Å². The van der Waals surface area contributed by atoms with Gasteiger partial charge in [-0.2, -0.15) is 11.8 Å². The zero-order valence-electron chi connectivity index (χ0n) is 10.0. The first-order chi connectivity index (χ1) is 8.42. The minimum absolute atomic E-state index is 0.869. The summed E-state index contributed by atoms with van der Waals surface area (Å²) in [5.74, 6) is 1.06. The Balaban J connectivity index is 1.64. The molecule has 1 saturated carbocycles. The van der Waals surface area contributed by atoms with Crippen LogP contribution in [0.25, 0.3) is 5.65 Å². The maximum atomic E-state index is 4.64. The van der Waals surface area contributed by atoms with E-state index >= 15 is 0 Å². The van der Waals surface area contributed by atoms with Crippen molar-refractivity contribution in [1.29, 1.82) is 0 Å². The van der Waals surface area contributed by atoms with Crippen molar-refractivity contribution in [3.05, 3.63) is 36.3 Å². The molecule has 17 heavy (non-hydrogen) atoms. The van der Waals surface area contributed by atoms with Gasteiger partial charge in [-0.25, -0.2) is 4.98 Å². The lowest BCUT2D eigenvalue weighted by Gasteiger charge is -2.20. The van der Waals surface area contributed by atoms with Crippen LogP contribution in [0.15, 0.2) is 30.6 Å². The predicted octanol–water partition coefficient (Wildman–Crippen LogP) is 3.90. The molecule has 0 saturated heterocycles. The fraction of sp³-hybridized carbons (Fsp3) is 0.500. The van der Waals surface area contributed by atoms with Gasteiger partial charge in [-0.15, -0.1) is 0 Å². The Bertz CT molecular complexity index is 453. The molecule has 0 amide bonds. The van der Waals surface area contributed by atoms with Crippen molar-refractivity contribution in [3.8, 4) is 0 Å². The van der Waals surface area contributed by atoms with Crippen molar-refractivity contribution < 1.29 is 0 Å². The summed E-state index contributed by atoms with van der Waals surface area (Å²) in [5.41, 5.74) is 2.28. The zero-order valence-corrected chi connectivity index (χ0v) is 10.8. The SMILES string of the molecule is c1ccn2cc(CSC3CCCCC3)nc2c1. The third-order valence-electron chi connectivity index (χ3n) is 3.43. The molecule has 90 valence electrons. The smallest absolute Gasteiger partial charge is 0.137 e. The van der Waals surface area contributed by atoms with Crippen LogP contribution in [-0.2, 0) is 5.75 Å². The molecule has 2 aromatic rings. The largest absolute Gasteiger partial charge is 0.307 e. The van der Waals surface area contributed by atoms with Gasteiger partial charge in [-0.05, 0) is 25.0 Å². The molecular weight excluding hydrogens is 228 g/mol. The highest BCUT2D eigenvalue weighted by Gasteiger charge is 2.14. The summed E-state index contributed by atoms with van der Waals surface area (Å²) < 4.78 is 2.11. The number of pyridine rings is 1. The van der Waals surface area contributed by atoms with Crippen molar-refractivity contribution in [1.82, 2.24) is 9.38 Å². The molecule has 2 heterocycles. The van der Waals surface area contributed by atoms with Gasteiger partial charge in [0, 0.05) is 23.4 Å². The fourth-order valence-corrected chi connectivity index (χ4v) is 3.70. The van der Waals surface area contributed by atoms with Gasteiger partial charge in [0.05, 0.1) is 5.69 Å². The number of fused-ring (bicyclic) bond motifs is 1. The van der Waals surface area contributed by atoms with Crippen molar-refractivity contribution in [2.75, 3.05) is 0 Å². The maximum Gasteiger partial charge on any atom is 0.137 e. The number of hydrogen-bond donors (Lipinski definition) is 0. The molecule has 1 aliphatic rings. The van der Waals surface area contributed by atoms with Gasteiger partial charge in [-0.3, -0.25) is 0 Å². The average molecular weight is 246 g/mol.